The van der Waals surface area contributed by atoms with Crippen LogP contribution in [0.1, 0.15) is 58.9 Å². The minimum Gasteiger partial charge on any atom is -0.358 e. The zero-order valence-corrected chi connectivity index (χ0v) is 17.5. The van der Waals surface area contributed by atoms with Crippen LogP contribution in [0.4, 0.5) is 4.39 Å². The standard InChI is InChI=1S/C25H28FN3O/c1-16-13-21(11-12-27-16)19-5-3-18(4-6-19)15-28-25(30)23-14-17(2)29-24(23)20-7-9-22(26)10-8-20/h7-14,18-19,29H,3-6,15H2,1-2H3,(H,28,30). The molecule has 4 nitrogen and oxygen atoms in total. The number of carbonyl (C=O) groups excluding carboxylic acids is 1. The molecule has 30 heavy (non-hydrogen) atoms. The van der Waals surface area contributed by atoms with E-state index in [9.17, 15) is 9.18 Å². The lowest BCUT2D eigenvalue weighted by molar-refractivity contribution is 0.0943. The van der Waals surface area contributed by atoms with Crippen molar-refractivity contribution in [2.45, 2.75) is 45.4 Å². The average molecular weight is 406 g/mol. The second-order valence-electron chi connectivity index (χ2n) is 8.41. The van der Waals surface area contributed by atoms with E-state index in [-0.39, 0.29) is 11.7 Å². The van der Waals surface area contributed by atoms with Gasteiger partial charge < -0.3 is 10.3 Å². The Morgan fingerprint density at radius 2 is 1.83 bits per heavy atom. The van der Waals surface area contributed by atoms with Crippen molar-refractivity contribution in [1.82, 2.24) is 15.3 Å². The molecule has 0 radical (unpaired) electrons. The number of rotatable bonds is 5. The van der Waals surface area contributed by atoms with E-state index in [1.807, 2.05) is 26.1 Å². The zero-order chi connectivity index (χ0) is 21.1. The Bertz CT molecular complexity index is 1020. The quantitative estimate of drug-likeness (QED) is 0.586. The first-order valence-electron chi connectivity index (χ1n) is 10.7. The van der Waals surface area contributed by atoms with Gasteiger partial charge in [0.15, 0.2) is 0 Å². The molecule has 2 heterocycles. The molecule has 0 unspecified atom stereocenters. The van der Waals surface area contributed by atoms with Crippen LogP contribution in [-0.2, 0) is 0 Å². The summed E-state index contributed by atoms with van der Waals surface area (Å²) in [5, 5.41) is 3.12. The molecular formula is C25H28FN3O. The van der Waals surface area contributed by atoms with Crippen LogP contribution >= 0.6 is 0 Å². The van der Waals surface area contributed by atoms with E-state index < -0.39 is 0 Å². The number of nitrogens with one attached hydrogen (secondary N) is 2. The number of nitrogens with zero attached hydrogens (tertiary/aromatic N) is 1. The van der Waals surface area contributed by atoms with E-state index >= 15 is 0 Å². The van der Waals surface area contributed by atoms with E-state index in [0.717, 1.165) is 48.3 Å². The van der Waals surface area contributed by atoms with Gasteiger partial charge in [-0.2, -0.15) is 0 Å². The third-order valence-electron chi connectivity index (χ3n) is 6.12. The van der Waals surface area contributed by atoms with Crippen LogP contribution in [-0.4, -0.2) is 22.4 Å². The highest BCUT2D eigenvalue weighted by atomic mass is 19.1. The number of hydrogen-bond donors (Lipinski definition) is 2. The summed E-state index contributed by atoms with van der Waals surface area (Å²) in [6, 6.07) is 12.4. The molecule has 0 aliphatic heterocycles. The Hall–Kier alpha value is -2.95. The first-order valence-corrected chi connectivity index (χ1v) is 10.7. The fourth-order valence-electron chi connectivity index (χ4n) is 4.47. The van der Waals surface area contributed by atoms with Crippen molar-refractivity contribution in [3.63, 3.8) is 0 Å². The van der Waals surface area contributed by atoms with Gasteiger partial charge in [-0.15, -0.1) is 0 Å². The van der Waals surface area contributed by atoms with Crippen molar-refractivity contribution in [2.75, 3.05) is 6.54 Å². The summed E-state index contributed by atoms with van der Waals surface area (Å²) >= 11 is 0. The van der Waals surface area contributed by atoms with Gasteiger partial charge in [-0.05, 0) is 105 Å². The van der Waals surface area contributed by atoms with E-state index in [2.05, 4.69) is 27.4 Å². The van der Waals surface area contributed by atoms with Crippen molar-refractivity contribution in [3.8, 4) is 11.3 Å². The molecule has 1 amide bonds. The minimum atomic E-state index is -0.287. The predicted octanol–water partition coefficient (Wildman–Crippen LogP) is 5.54. The fourth-order valence-corrected chi connectivity index (χ4v) is 4.47. The normalized spacial score (nSPS) is 18.9. The number of halogens is 1. The van der Waals surface area contributed by atoms with Crippen molar-refractivity contribution >= 4 is 5.91 Å². The van der Waals surface area contributed by atoms with Gasteiger partial charge in [-0.1, -0.05) is 0 Å². The average Bonchev–Trinajstić information content (AvgIpc) is 3.15. The minimum absolute atomic E-state index is 0.0782. The smallest absolute Gasteiger partial charge is 0.253 e. The van der Waals surface area contributed by atoms with E-state index in [1.165, 1.54) is 17.7 Å². The maximum Gasteiger partial charge on any atom is 0.253 e. The molecule has 0 spiro atoms. The third kappa shape index (κ3) is 4.61. The molecule has 3 aromatic rings. The van der Waals surface area contributed by atoms with Crippen LogP contribution < -0.4 is 5.32 Å². The van der Waals surface area contributed by atoms with Gasteiger partial charge in [0.1, 0.15) is 5.82 Å². The van der Waals surface area contributed by atoms with Crippen molar-refractivity contribution < 1.29 is 9.18 Å². The van der Waals surface area contributed by atoms with E-state index in [0.29, 0.717) is 23.9 Å². The molecule has 2 aromatic heterocycles. The third-order valence-corrected chi connectivity index (χ3v) is 6.12. The number of carbonyl (C=O) groups is 1. The molecule has 156 valence electrons. The van der Waals surface area contributed by atoms with Crippen LogP contribution in [0.2, 0.25) is 0 Å². The van der Waals surface area contributed by atoms with Gasteiger partial charge in [0.05, 0.1) is 11.3 Å². The number of aromatic amines is 1. The summed E-state index contributed by atoms with van der Waals surface area (Å²) < 4.78 is 13.3. The number of hydrogen-bond acceptors (Lipinski definition) is 2. The van der Waals surface area contributed by atoms with E-state index in [4.69, 9.17) is 0 Å². The predicted molar refractivity (Wildman–Crippen MR) is 117 cm³/mol. The summed E-state index contributed by atoms with van der Waals surface area (Å²) in [5.74, 6) is 0.731. The molecule has 0 atom stereocenters. The Morgan fingerprint density at radius 3 is 2.53 bits per heavy atom. The van der Waals surface area contributed by atoms with Crippen LogP contribution in [0.15, 0.2) is 48.7 Å². The van der Waals surface area contributed by atoms with Gasteiger partial charge in [-0.25, -0.2) is 4.39 Å². The largest absolute Gasteiger partial charge is 0.358 e. The lowest BCUT2D eigenvalue weighted by Crippen LogP contribution is -2.31. The molecule has 1 aliphatic carbocycles. The highest BCUT2D eigenvalue weighted by molar-refractivity contribution is 6.00. The number of amides is 1. The second-order valence-corrected chi connectivity index (χ2v) is 8.41. The summed E-state index contributed by atoms with van der Waals surface area (Å²) in [6.45, 7) is 4.65. The lowest BCUT2D eigenvalue weighted by Gasteiger charge is -2.29. The lowest BCUT2D eigenvalue weighted by atomic mass is 9.79. The molecule has 0 saturated heterocycles. The highest BCUT2D eigenvalue weighted by Gasteiger charge is 2.24. The van der Waals surface area contributed by atoms with Crippen molar-refractivity contribution in [3.05, 3.63) is 77.0 Å². The maximum atomic E-state index is 13.3. The number of benzene rings is 1. The molecular weight excluding hydrogens is 377 g/mol. The Labute approximate surface area is 176 Å². The molecule has 1 fully saturated rings. The van der Waals surface area contributed by atoms with Crippen LogP contribution in [0.3, 0.4) is 0 Å². The molecule has 5 heteroatoms. The molecule has 1 saturated carbocycles. The van der Waals surface area contributed by atoms with E-state index in [1.54, 1.807) is 12.1 Å². The molecule has 4 rings (SSSR count). The summed E-state index contributed by atoms with van der Waals surface area (Å²) in [5.41, 5.74) is 5.52. The Balaban J connectivity index is 1.35. The van der Waals surface area contributed by atoms with Gasteiger partial charge in [0, 0.05) is 24.1 Å². The number of pyridine rings is 1. The molecule has 2 N–H and O–H groups in total. The molecule has 0 bridgehead atoms. The summed E-state index contributed by atoms with van der Waals surface area (Å²) in [6.07, 6.45) is 6.42. The first-order chi connectivity index (χ1) is 14.5. The Kier molecular flexibility index (Phi) is 5.98. The maximum absolute atomic E-state index is 13.3. The SMILES string of the molecule is Cc1cc(C2CCC(CNC(=O)c3cc(C)[nH]c3-c3ccc(F)cc3)CC2)ccn1. The Morgan fingerprint density at radius 1 is 1.10 bits per heavy atom. The van der Waals surface area contributed by atoms with Crippen LogP contribution in [0.25, 0.3) is 11.3 Å². The van der Waals surface area contributed by atoms with Gasteiger partial charge >= 0.3 is 0 Å². The highest BCUT2D eigenvalue weighted by Crippen LogP contribution is 2.35. The summed E-state index contributed by atoms with van der Waals surface area (Å²) in [4.78, 5) is 20.4. The van der Waals surface area contributed by atoms with Crippen LogP contribution in [0.5, 0.6) is 0 Å². The topological polar surface area (TPSA) is 57.8 Å². The van der Waals surface area contributed by atoms with Crippen LogP contribution in [0, 0.1) is 25.6 Å². The van der Waals surface area contributed by atoms with Gasteiger partial charge in [-0.3, -0.25) is 9.78 Å². The zero-order valence-electron chi connectivity index (χ0n) is 17.5. The summed E-state index contributed by atoms with van der Waals surface area (Å²) in [7, 11) is 0. The monoisotopic (exact) mass is 405 g/mol. The van der Waals surface area contributed by atoms with Gasteiger partial charge in [0.2, 0.25) is 0 Å². The fraction of sp³-hybridized carbons (Fsp3) is 0.360. The first kappa shape index (κ1) is 20.3. The number of aromatic nitrogens is 2. The molecule has 1 aromatic carbocycles. The second kappa shape index (κ2) is 8.82. The number of aryl methyl sites for hydroxylation is 2. The van der Waals surface area contributed by atoms with Crippen molar-refractivity contribution in [2.24, 2.45) is 5.92 Å². The molecule has 1 aliphatic rings. The van der Waals surface area contributed by atoms with Crippen molar-refractivity contribution in [1.29, 1.82) is 0 Å². The number of H-pyrrole nitrogens is 1. The van der Waals surface area contributed by atoms with Gasteiger partial charge in [0.25, 0.3) is 5.91 Å².